The van der Waals surface area contributed by atoms with Gasteiger partial charge in [-0.3, -0.25) is 0 Å². The number of nitrogens with two attached hydrogens (primary N) is 1. The van der Waals surface area contributed by atoms with Crippen molar-refractivity contribution in [3.05, 3.63) is 35.3 Å². The van der Waals surface area contributed by atoms with Gasteiger partial charge in [0.15, 0.2) is 11.6 Å². The van der Waals surface area contributed by atoms with Crippen LogP contribution in [0.4, 0.5) is 21.8 Å². The van der Waals surface area contributed by atoms with Crippen molar-refractivity contribution in [1.29, 1.82) is 0 Å². The highest BCUT2D eigenvalue weighted by Crippen LogP contribution is 2.26. The van der Waals surface area contributed by atoms with E-state index < -0.39 is 0 Å². The summed E-state index contributed by atoms with van der Waals surface area (Å²) >= 11 is 0. The van der Waals surface area contributed by atoms with Gasteiger partial charge in [0.25, 0.3) is 0 Å². The Hall–Kier alpha value is -2.37. The number of nitrogens with zero attached hydrogens (tertiary/aromatic N) is 2. The number of methoxy groups -OCH3 is 1. The van der Waals surface area contributed by atoms with Crippen molar-refractivity contribution in [3.63, 3.8) is 0 Å². The summed E-state index contributed by atoms with van der Waals surface area (Å²) in [7, 11) is 1.42. The van der Waals surface area contributed by atoms with Crippen molar-refractivity contribution in [2.24, 2.45) is 0 Å². The van der Waals surface area contributed by atoms with E-state index in [4.69, 9.17) is 10.5 Å². The van der Waals surface area contributed by atoms with E-state index in [0.717, 1.165) is 5.56 Å². The Balaban J connectivity index is 2.32. The lowest BCUT2D eigenvalue weighted by Gasteiger charge is -2.10. The predicted octanol–water partition coefficient (Wildman–Crippen LogP) is 2.57. The molecule has 0 fully saturated rings. The average molecular weight is 262 g/mol. The summed E-state index contributed by atoms with van der Waals surface area (Å²) in [5, 5.41) is 2.97. The zero-order valence-corrected chi connectivity index (χ0v) is 11.0. The summed E-state index contributed by atoms with van der Waals surface area (Å²) in [6.07, 6.45) is 1.62. The minimum atomic E-state index is -0.377. The summed E-state index contributed by atoms with van der Waals surface area (Å²) in [6.45, 7) is 3.48. The minimum Gasteiger partial charge on any atom is -0.494 e. The van der Waals surface area contributed by atoms with Crippen LogP contribution in [0.15, 0.2) is 18.3 Å². The molecule has 5 nitrogen and oxygen atoms in total. The Morgan fingerprint density at radius 3 is 2.63 bits per heavy atom. The highest BCUT2D eigenvalue weighted by atomic mass is 19.1. The fraction of sp³-hybridized carbons (Fsp3) is 0.231. The molecule has 100 valence electrons. The Kier molecular flexibility index (Phi) is 3.50. The Morgan fingerprint density at radius 1 is 1.26 bits per heavy atom. The molecule has 0 aliphatic carbocycles. The molecule has 6 heteroatoms. The van der Waals surface area contributed by atoms with Gasteiger partial charge in [0.05, 0.1) is 7.11 Å². The zero-order valence-electron chi connectivity index (χ0n) is 11.0. The highest BCUT2D eigenvalue weighted by molar-refractivity contribution is 5.59. The fourth-order valence-corrected chi connectivity index (χ4v) is 1.60. The van der Waals surface area contributed by atoms with Gasteiger partial charge in [-0.1, -0.05) is 0 Å². The number of aromatic nitrogens is 2. The Labute approximate surface area is 110 Å². The summed E-state index contributed by atoms with van der Waals surface area (Å²) in [4.78, 5) is 8.20. The van der Waals surface area contributed by atoms with Crippen LogP contribution in [-0.2, 0) is 0 Å². The van der Waals surface area contributed by atoms with Crippen LogP contribution in [0.2, 0.25) is 0 Å². The third-order valence-corrected chi connectivity index (χ3v) is 2.71. The van der Waals surface area contributed by atoms with E-state index >= 15 is 0 Å². The normalized spacial score (nSPS) is 10.3. The maximum Gasteiger partial charge on any atom is 0.229 e. The van der Waals surface area contributed by atoms with E-state index in [1.807, 2.05) is 6.92 Å². The molecule has 0 saturated carbocycles. The van der Waals surface area contributed by atoms with Gasteiger partial charge in [0, 0.05) is 23.5 Å². The standard InChI is InChI=1S/C13H15FN4O/c1-7-4-9(5-10(19-3)11(7)14)17-13-16-6-8(2)12(15)18-13/h4-6H,1-3H3,(H3,15,16,17,18). The Morgan fingerprint density at radius 2 is 2.00 bits per heavy atom. The number of hydrogen-bond acceptors (Lipinski definition) is 5. The number of benzene rings is 1. The van der Waals surface area contributed by atoms with Gasteiger partial charge in [-0.25, -0.2) is 9.37 Å². The fourth-order valence-electron chi connectivity index (χ4n) is 1.60. The molecule has 3 N–H and O–H groups in total. The largest absolute Gasteiger partial charge is 0.494 e. The first-order valence-corrected chi connectivity index (χ1v) is 5.71. The summed E-state index contributed by atoms with van der Waals surface area (Å²) in [6, 6.07) is 3.19. The van der Waals surface area contributed by atoms with Crippen LogP contribution in [0.5, 0.6) is 5.75 Å². The summed E-state index contributed by atoms with van der Waals surface area (Å²) in [5.41, 5.74) is 7.62. The van der Waals surface area contributed by atoms with E-state index in [-0.39, 0.29) is 11.6 Å². The van der Waals surface area contributed by atoms with Crippen LogP contribution in [0.3, 0.4) is 0 Å². The van der Waals surface area contributed by atoms with Crippen LogP contribution in [0.25, 0.3) is 0 Å². The molecule has 0 spiro atoms. The number of halogens is 1. The smallest absolute Gasteiger partial charge is 0.229 e. The molecule has 0 bridgehead atoms. The molecule has 0 aliphatic rings. The monoisotopic (exact) mass is 262 g/mol. The molecule has 0 saturated heterocycles. The molecule has 0 amide bonds. The van der Waals surface area contributed by atoms with Gasteiger partial charge in [-0.05, 0) is 25.5 Å². The Bertz CT molecular complexity index is 616. The van der Waals surface area contributed by atoms with Crippen LogP contribution < -0.4 is 15.8 Å². The maximum atomic E-state index is 13.6. The van der Waals surface area contributed by atoms with E-state index in [1.165, 1.54) is 7.11 Å². The molecule has 1 aromatic carbocycles. The lowest BCUT2D eigenvalue weighted by Crippen LogP contribution is -2.03. The van der Waals surface area contributed by atoms with Gasteiger partial charge in [0.2, 0.25) is 5.95 Å². The highest BCUT2D eigenvalue weighted by Gasteiger charge is 2.09. The van der Waals surface area contributed by atoms with E-state index in [1.54, 1.807) is 25.3 Å². The van der Waals surface area contributed by atoms with Crippen LogP contribution in [0.1, 0.15) is 11.1 Å². The first-order valence-electron chi connectivity index (χ1n) is 5.71. The first-order chi connectivity index (χ1) is 9.01. The van der Waals surface area contributed by atoms with E-state index in [2.05, 4.69) is 15.3 Å². The van der Waals surface area contributed by atoms with Crippen molar-refractivity contribution in [1.82, 2.24) is 9.97 Å². The second-order valence-electron chi connectivity index (χ2n) is 4.20. The van der Waals surface area contributed by atoms with Crippen LogP contribution in [-0.4, -0.2) is 17.1 Å². The molecule has 1 aromatic heterocycles. The predicted molar refractivity (Wildman–Crippen MR) is 72.2 cm³/mol. The molecule has 0 unspecified atom stereocenters. The molecule has 2 rings (SSSR count). The van der Waals surface area contributed by atoms with Crippen molar-refractivity contribution < 1.29 is 9.13 Å². The molecule has 1 heterocycles. The minimum absolute atomic E-state index is 0.169. The van der Waals surface area contributed by atoms with Gasteiger partial charge < -0.3 is 15.8 Å². The van der Waals surface area contributed by atoms with E-state index in [0.29, 0.717) is 23.0 Å². The lowest BCUT2D eigenvalue weighted by atomic mass is 10.2. The summed E-state index contributed by atoms with van der Waals surface area (Å²) in [5.74, 6) is 0.555. The molecule has 2 aromatic rings. The first kappa shape index (κ1) is 13.1. The molecular formula is C13H15FN4O. The SMILES string of the molecule is COc1cc(Nc2ncc(C)c(N)n2)cc(C)c1F. The second-order valence-corrected chi connectivity index (χ2v) is 4.20. The number of anilines is 3. The van der Waals surface area contributed by atoms with Gasteiger partial charge in [0.1, 0.15) is 5.82 Å². The lowest BCUT2D eigenvalue weighted by molar-refractivity contribution is 0.385. The number of nitrogens with one attached hydrogen (secondary N) is 1. The van der Waals surface area contributed by atoms with Crippen molar-refractivity contribution >= 4 is 17.5 Å². The molecule has 0 aliphatic heterocycles. The van der Waals surface area contributed by atoms with Gasteiger partial charge >= 0.3 is 0 Å². The second kappa shape index (κ2) is 5.09. The molecule has 0 radical (unpaired) electrons. The number of ether oxygens (including phenoxy) is 1. The topological polar surface area (TPSA) is 73.1 Å². The maximum absolute atomic E-state index is 13.6. The van der Waals surface area contributed by atoms with Crippen LogP contribution in [0, 0.1) is 19.7 Å². The number of nitrogen functional groups attached to an aromatic ring is 1. The van der Waals surface area contributed by atoms with E-state index in [9.17, 15) is 4.39 Å². The average Bonchev–Trinajstić information content (AvgIpc) is 2.38. The van der Waals surface area contributed by atoms with Crippen molar-refractivity contribution in [2.75, 3.05) is 18.2 Å². The van der Waals surface area contributed by atoms with Crippen molar-refractivity contribution in [2.45, 2.75) is 13.8 Å². The number of aryl methyl sites for hydroxylation is 2. The number of rotatable bonds is 3. The molecule has 19 heavy (non-hydrogen) atoms. The third-order valence-electron chi connectivity index (χ3n) is 2.71. The van der Waals surface area contributed by atoms with Crippen LogP contribution >= 0.6 is 0 Å². The summed E-state index contributed by atoms with van der Waals surface area (Å²) < 4.78 is 18.6. The third kappa shape index (κ3) is 2.73. The van der Waals surface area contributed by atoms with Crippen molar-refractivity contribution in [3.8, 4) is 5.75 Å². The van der Waals surface area contributed by atoms with Gasteiger partial charge in [-0.15, -0.1) is 0 Å². The zero-order chi connectivity index (χ0) is 14.0. The van der Waals surface area contributed by atoms with Gasteiger partial charge in [-0.2, -0.15) is 4.98 Å². The molecular weight excluding hydrogens is 247 g/mol. The number of hydrogen-bond donors (Lipinski definition) is 2. The quantitative estimate of drug-likeness (QED) is 0.889. The molecule has 0 atom stereocenters.